The Bertz CT molecular complexity index is 1520. The quantitative estimate of drug-likeness (QED) is 0.130. The molecule has 18 heteroatoms. The predicted octanol–water partition coefficient (Wildman–Crippen LogP) is -2.66. The number of fused-ring (bicyclic) bond motifs is 1. The average molecular weight is 690 g/mol. The van der Waals surface area contributed by atoms with Crippen LogP contribution in [-0.2, 0) is 30.7 Å². The lowest BCUT2D eigenvalue weighted by Crippen LogP contribution is -2.66. The fourth-order valence-electron chi connectivity index (χ4n) is 5.66. The molecule has 46 heavy (non-hydrogen) atoms. The van der Waals surface area contributed by atoms with Crippen LogP contribution in [0.4, 0.5) is 5.69 Å². The fourth-order valence-corrected chi connectivity index (χ4v) is 7.32. The molecule has 0 aliphatic carbocycles. The maximum absolute atomic E-state index is 13.4. The molecule has 3 aliphatic rings. The van der Waals surface area contributed by atoms with Crippen LogP contribution in [0.15, 0.2) is 47.4 Å². The molecule has 11 atom stereocenters. The minimum Gasteiger partial charge on any atom is -0.394 e. The lowest BCUT2D eigenvalue weighted by molar-refractivity contribution is -0.342. The first-order chi connectivity index (χ1) is 21.8. The number of hydrogen-bond acceptors (Lipinski definition) is 14. The Kier molecular flexibility index (Phi) is 10.5. The molecular formula is C28H36ClN3O13S. The van der Waals surface area contributed by atoms with E-state index in [-0.39, 0.29) is 16.6 Å². The summed E-state index contributed by atoms with van der Waals surface area (Å²) in [6.45, 7) is 0.282. The van der Waals surface area contributed by atoms with Crippen LogP contribution in [0.1, 0.15) is 22.8 Å². The Morgan fingerprint density at radius 2 is 1.65 bits per heavy atom. The van der Waals surface area contributed by atoms with Gasteiger partial charge in [0.15, 0.2) is 12.5 Å². The smallest absolute Gasteiger partial charge is 0.269 e. The average Bonchev–Trinajstić information content (AvgIpc) is 3.34. The van der Waals surface area contributed by atoms with Crippen molar-refractivity contribution in [1.82, 2.24) is 10.1 Å². The molecule has 2 aromatic rings. The highest BCUT2D eigenvalue weighted by molar-refractivity contribution is 7.89. The highest BCUT2D eigenvalue weighted by Crippen LogP contribution is 2.32. The number of carbonyl (C=O) groups excluding carboxylic acids is 1. The van der Waals surface area contributed by atoms with Crippen LogP contribution in [-0.4, -0.2) is 131 Å². The molecule has 3 aliphatic heterocycles. The summed E-state index contributed by atoms with van der Waals surface area (Å²) in [5, 5.41) is 72.7. The van der Waals surface area contributed by atoms with Gasteiger partial charge < -0.3 is 50.0 Å². The van der Waals surface area contributed by atoms with Gasteiger partial charge >= 0.3 is 0 Å². The molecule has 9 N–H and O–H groups in total. The zero-order valence-corrected chi connectivity index (χ0v) is 25.9. The number of nitrogens with one attached hydrogen (secondary N) is 2. The number of anilines is 1. The molecule has 254 valence electrons. The van der Waals surface area contributed by atoms with E-state index >= 15 is 0 Å². The normalized spacial score (nSPS) is 34.7. The minimum atomic E-state index is -4.65. The van der Waals surface area contributed by atoms with Gasteiger partial charge in [-0.2, -0.15) is 4.72 Å². The van der Waals surface area contributed by atoms with Crippen molar-refractivity contribution < 1.29 is 63.2 Å². The molecule has 2 saturated heterocycles. The standard InChI is InChI=1S/C28H36ClN3O13S/c1-12-8-13-4-2-3-5-16(13)32(12)30-26(40)14-6-7-15(29)19(9-14)46(41,42)31-27-23(38)22(37)25(18(11-34)43-27)45-28-24(39)21(36)20(35)17(10-33)44-28/h2-7,9,12,17-18,20-25,27-28,31,33-39H,8,10-11H2,1H3,(H,30,40)/t12?,17-,18-,20+,21+,22-,23-,24-,25-,27-,28+/m1/s1. The van der Waals surface area contributed by atoms with Crippen molar-refractivity contribution in [3.05, 3.63) is 58.6 Å². The number of halogens is 1. The molecule has 5 rings (SSSR count). The number of amides is 1. The van der Waals surface area contributed by atoms with E-state index in [1.165, 1.54) is 12.1 Å². The van der Waals surface area contributed by atoms with Gasteiger partial charge in [0.2, 0.25) is 10.0 Å². The second kappa shape index (κ2) is 13.9. The molecule has 0 saturated carbocycles. The first-order valence-electron chi connectivity index (χ1n) is 14.4. The van der Waals surface area contributed by atoms with Crippen molar-refractivity contribution in [2.75, 3.05) is 18.2 Å². The highest BCUT2D eigenvalue weighted by Gasteiger charge is 2.51. The number of nitrogens with zero attached hydrogens (tertiary/aromatic N) is 1. The Labute approximate surface area is 268 Å². The number of ether oxygens (including phenoxy) is 3. The number of sulfonamides is 1. The number of para-hydroxylation sites is 1. The van der Waals surface area contributed by atoms with Crippen LogP contribution < -0.4 is 15.2 Å². The molecule has 0 radical (unpaired) electrons. The van der Waals surface area contributed by atoms with Gasteiger partial charge in [0.25, 0.3) is 5.91 Å². The SMILES string of the molecule is CC1Cc2ccccc2N1NC(=O)c1ccc(Cl)c(S(=O)(=O)N[C@@H]2O[C@H](CO)[C@@H](O[C@@H]3O[C@H](CO)[C@H](O)[C@H](O)[C@H]3O)[C@H](O)[C@H]2O)c1. The Morgan fingerprint density at radius 3 is 2.35 bits per heavy atom. The van der Waals surface area contributed by atoms with Crippen molar-refractivity contribution in [3.63, 3.8) is 0 Å². The van der Waals surface area contributed by atoms with Crippen LogP contribution >= 0.6 is 11.6 Å². The van der Waals surface area contributed by atoms with Crippen molar-refractivity contribution in [3.8, 4) is 0 Å². The predicted molar refractivity (Wildman–Crippen MR) is 158 cm³/mol. The van der Waals surface area contributed by atoms with Gasteiger partial charge in [-0.1, -0.05) is 29.8 Å². The zero-order valence-electron chi connectivity index (χ0n) is 24.3. The van der Waals surface area contributed by atoms with E-state index < -0.39 is 95.4 Å². The van der Waals surface area contributed by atoms with Gasteiger partial charge in [0, 0.05) is 5.56 Å². The Hall–Kier alpha value is -2.49. The zero-order chi connectivity index (χ0) is 33.5. The first kappa shape index (κ1) is 34.8. The third-order valence-electron chi connectivity index (χ3n) is 8.19. The van der Waals surface area contributed by atoms with Gasteiger partial charge in [-0.15, -0.1) is 0 Å². The summed E-state index contributed by atoms with van der Waals surface area (Å²) in [6.07, 6.45) is -16.8. The lowest BCUT2D eigenvalue weighted by Gasteiger charge is -2.46. The number of carbonyl (C=O) groups is 1. The van der Waals surface area contributed by atoms with E-state index in [1.54, 1.807) is 5.01 Å². The van der Waals surface area contributed by atoms with Gasteiger partial charge in [0.05, 0.1) is 30.0 Å². The largest absolute Gasteiger partial charge is 0.394 e. The summed E-state index contributed by atoms with van der Waals surface area (Å²) in [5.74, 6) is -0.616. The number of aliphatic hydroxyl groups is 7. The summed E-state index contributed by atoms with van der Waals surface area (Å²) in [7, 11) is -4.65. The van der Waals surface area contributed by atoms with E-state index in [2.05, 4.69) is 10.1 Å². The van der Waals surface area contributed by atoms with E-state index in [0.717, 1.165) is 17.3 Å². The lowest BCUT2D eigenvalue weighted by atomic mass is 9.96. The van der Waals surface area contributed by atoms with Gasteiger partial charge in [-0.25, -0.2) is 8.42 Å². The van der Waals surface area contributed by atoms with Crippen LogP contribution in [0.5, 0.6) is 0 Å². The van der Waals surface area contributed by atoms with Crippen LogP contribution in [0.3, 0.4) is 0 Å². The van der Waals surface area contributed by atoms with E-state index in [4.69, 9.17) is 25.8 Å². The fraction of sp³-hybridized carbons (Fsp3) is 0.536. The monoisotopic (exact) mass is 689 g/mol. The van der Waals surface area contributed by atoms with E-state index in [0.29, 0.717) is 6.42 Å². The van der Waals surface area contributed by atoms with Crippen molar-refractivity contribution in [2.24, 2.45) is 0 Å². The second-order valence-corrected chi connectivity index (χ2v) is 13.4. The molecule has 0 aromatic heterocycles. The molecule has 1 unspecified atom stereocenters. The third-order valence-corrected chi connectivity index (χ3v) is 10.1. The summed E-state index contributed by atoms with van der Waals surface area (Å²) >= 11 is 6.21. The highest BCUT2D eigenvalue weighted by atomic mass is 35.5. The Balaban J connectivity index is 1.30. The van der Waals surface area contributed by atoms with Crippen molar-refractivity contribution >= 4 is 33.2 Å². The molecule has 0 bridgehead atoms. The summed E-state index contributed by atoms with van der Waals surface area (Å²) in [4.78, 5) is 12.7. The van der Waals surface area contributed by atoms with Gasteiger partial charge in [-0.05, 0) is 43.2 Å². The van der Waals surface area contributed by atoms with E-state index in [1.807, 2.05) is 31.2 Å². The summed E-state index contributed by atoms with van der Waals surface area (Å²) in [5.41, 5.74) is 4.58. The Morgan fingerprint density at radius 1 is 0.957 bits per heavy atom. The molecule has 0 spiro atoms. The molecule has 3 heterocycles. The number of benzene rings is 2. The number of aliphatic hydroxyl groups excluding tert-OH is 7. The molecule has 2 aromatic carbocycles. The number of hydrogen-bond donors (Lipinski definition) is 9. The molecule has 1 amide bonds. The van der Waals surface area contributed by atoms with Crippen molar-refractivity contribution in [2.45, 2.75) is 85.6 Å². The van der Waals surface area contributed by atoms with Crippen LogP contribution in [0, 0.1) is 0 Å². The molecular weight excluding hydrogens is 654 g/mol. The molecule has 16 nitrogen and oxygen atoms in total. The number of rotatable bonds is 9. The minimum absolute atomic E-state index is 0.0484. The van der Waals surface area contributed by atoms with Crippen molar-refractivity contribution in [1.29, 1.82) is 0 Å². The van der Waals surface area contributed by atoms with Crippen LogP contribution in [0.25, 0.3) is 0 Å². The van der Waals surface area contributed by atoms with Crippen LogP contribution in [0.2, 0.25) is 5.02 Å². The van der Waals surface area contributed by atoms with Gasteiger partial charge in [-0.3, -0.25) is 15.2 Å². The van der Waals surface area contributed by atoms with E-state index in [9.17, 15) is 49.0 Å². The number of hydrazine groups is 1. The summed E-state index contributed by atoms with van der Waals surface area (Å²) < 4.78 is 45.2. The maximum atomic E-state index is 13.4. The topological polar surface area (TPSA) is 248 Å². The second-order valence-electron chi connectivity index (χ2n) is 11.3. The first-order valence-corrected chi connectivity index (χ1v) is 16.2. The van der Waals surface area contributed by atoms with Gasteiger partial charge in [0.1, 0.15) is 53.7 Å². The maximum Gasteiger partial charge on any atom is 0.269 e. The third kappa shape index (κ3) is 6.74. The molecule has 2 fully saturated rings. The summed E-state index contributed by atoms with van der Waals surface area (Å²) in [6, 6.07) is 11.0.